The second-order valence-corrected chi connectivity index (χ2v) is 6.49. The second kappa shape index (κ2) is 4.01. The fourth-order valence-corrected chi connectivity index (χ4v) is 4.40. The largest absolute Gasteiger partial charge is 0.300 e. The minimum Gasteiger partial charge on any atom is -0.300 e. The van der Waals surface area contributed by atoms with Gasteiger partial charge in [-0.2, -0.15) is 0 Å². The van der Waals surface area contributed by atoms with Crippen LogP contribution in [0.15, 0.2) is 0 Å². The topological polar surface area (TPSA) is 3.24 Å². The van der Waals surface area contributed by atoms with Crippen LogP contribution in [0.3, 0.4) is 0 Å². The molecule has 2 saturated carbocycles. The first kappa shape index (κ1) is 11.1. The van der Waals surface area contributed by atoms with E-state index in [4.69, 9.17) is 0 Å². The standard InChI is InChI=1S/C15H27N/c1-3-16-11-5-4-6-14(16)12(2)15(9-10-15)13-7-8-13/h12-14H,3-11H2,1-2H3. The smallest absolute Gasteiger partial charge is 0.0126 e. The summed E-state index contributed by atoms with van der Waals surface area (Å²) < 4.78 is 0. The zero-order valence-electron chi connectivity index (χ0n) is 11.0. The predicted molar refractivity (Wildman–Crippen MR) is 68.4 cm³/mol. The first-order valence-electron chi connectivity index (χ1n) is 7.52. The van der Waals surface area contributed by atoms with Gasteiger partial charge in [-0.3, -0.25) is 0 Å². The Morgan fingerprint density at radius 2 is 1.94 bits per heavy atom. The second-order valence-electron chi connectivity index (χ2n) is 6.49. The molecule has 3 aliphatic rings. The summed E-state index contributed by atoms with van der Waals surface area (Å²) in [5.41, 5.74) is 0.815. The monoisotopic (exact) mass is 221 g/mol. The van der Waals surface area contributed by atoms with Crippen molar-refractivity contribution >= 4 is 0 Å². The predicted octanol–water partition coefficient (Wildman–Crippen LogP) is 3.69. The van der Waals surface area contributed by atoms with Crippen LogP contribution in [0.2, 0.25) is 0 Å². The third kappa shape index (κ3) is 1.72. The van der Waals surface area contributed by atoms with Crippen LogP contribution < -0.4 is 0 Å². The van der Waals surface area contributed by atoms with E-state index in [0.29, 0.717) is 0 Å². The summed E-state index contributed by atoms with van der Waals surface area (Å²) in [5, 5.41) is 0. The Morgan fingerprint density at radius 3 is 2.50 bits per heavy atom. The van der Waals surface area contributed by atoms with Gasteiger partial charge in [0, 0.05) is 6.04 Å². The number of hydrogen-bond donors (Lipinski definition) is 0. The number of piperidine rings is 1. The van der Waals surface area contributed by atoms with E-state index in [9.17, 15) is 0 Å². The molecule has 0 spiro atoms. The van der Waals surface area contributed by atoms with Crippen LogP contribution in [-0.2, 0) is 0 Å². The Kier molecular flexibility index (Phi) is 2.78. The van der Waals surface area contributed by atoms with E-state index in [2.05, 4.69) is 18.7 Å². The molecule has 0 amide bonds. The van der Waals surface area contributed by atoms with Gasteiger partial charge in [-0.1, -0.05) is 20.3 Å². The molecular formula is C15H27N. The van der Waals surface area contributed by atoms with Gasteiger partial charge in [-0.05, 0) is 68.9 Å². The molecule has 0 bridgehead atoms. The summed E-state index contributed by atoms with van der Waals surface area (Å²) in [4.78, 5) is 2.77. The minimum absolute atomic E-state index is 0.815. The van der Waals surface area contributed by atoms with Crippen LogP contribution in [0.5, 0.6) is 0 Å². The number of nitrogens with zero attached hydrogens (tertiary/aromatic N) is 1. The van der Waals surface area contributed by atoms with Crippen molar-refractivity contribution in [2.45, 2.75) is 64.8 Å². The van der Waals surface area contributed by atoms with E-state index < -0.39 is 0 Å². The molecule has 0 aromatic heterocycles. The highest BCUT2D eigenvalue weighted by molar-refractivity contribution is 5.09. The molecule has 1 aliphatic heterocycles. The molecule has 2 aliphatic carbocycles. The highest BCUT2D eigenvalue weighted by Crippen LogP contribution is 2.66. The third-order valence-corrected chi connectivity index (χ3v) is 5.77. The zero-order valence-corrected chi connectivity index (χ0v) is 11.0. The molecule has 1 nitrogen and oxygen atoms in total. The molecule has 16 heavy (non-hydrogen) atoms. The van der Waals surface area contributed by atoms with Crippen LogP contribution in [-0.4, -0.2) is 24.0 Å². The lowest BCUT2D eigenvalue weighted by atomic mass is 9.77. The molecule has 2 atom stereocenters. The molecule has 92 valence electrons. The number of likely N-dealkylation sites (tertiary alicyclic amines) is 1. The van der Waals surface area contributed by atoms with Crippen LogP contribution >= 0.6 is 0 Å². The molecule has 0 aromatic rings. The van der Waals surface area contributed by atoms with E-state index >= 15 is 0 Å². The fourth-order valence-electron chi connectivity index (χ4n) is 4.40. The first-order chi connectivity index (χ1) is 7.78. The van der Waals surface area contributed by atoms with Gasteiger partial charge in [0.2, 0.25) is 0 Å². The first-order valence-corrected chi connectivity index (χ1v) is 7.52. The lowest BCUT2D eigenvalue weighted by Gasteiger charge is -2.42. The van der Waals surface area contributed by atoms with Gasteiger partial charge in [-0.15, -0.1) is 0 Å². The van der Waals surface area contributed by atoms with Crippen LogP contribution in [0.25, 0.3) is 0 Å². The Hall–Kier alpha value is -0.0400. The van der Waals surface area contributed by atoms with Crippen LogP contribution in [0.1, 0.15) is 58.8 Å². The van der Waals surface area contributed by atoms with E-state index in [0.717, 1.165) is 23.3 Å². The third-order valence-electron chi connectivity index (χ3n) is 5.77. The zero-order chi connectivity index (χ0) is 11.2. The Balaban J connectivity index is 1.70. The van der Waals surface area contributed by atoms with Crippen molar-refractivity contribution in [1.82, 2.24) is 4.90 Å². The quantitative estimate of drug-likeness (QED) is 0.700. The molecule has 3 fully saturated rings. The number of rotatable bonds is 4. The maximum atomic E-state index is 2.77. The molecule has 1 heteroatoms. The average Bonchev–Trinajstić information content (AvgIpc) is 3.18. The molecule has 0 N–H and O–H groups in total. The Bertz CT molecular complexity index is 252. The fraction of sp³-hybridized carbons (Fsp3) is 1.00. The highest BCUT2D eigenvalue weighted by Gasteiger charge is 2.58. The van der Waals surface area contributed by atoms with Crippen molar-refractivity contribution in [3.63, 3.8) is 0 Å². The maximum Gasteiger partial charge on any atom is 0.0126 e. The van der Waals surface area contributed by atoms with Gasteiger partial charge in [0.1, 0.15) is 0 Å². The van der Waals surface area contributed by atoms with Gasteiger partial charge in [0.15, 0.2) is 0 Å². The summed E-state index contributed by atoms with van der Waals surface area (Å²) >= 11 is 0. The normalized spacial score (nSPS) is 36.0. The van der Waals surface area contributed by atoms with Crippen LogP contribution in [0.4, 0.5) is 0 Å². The van der Waals surface area contributed by atoms with E-state index in [-0.39, 0.29) is 0 Å². The number of hydrogen-bond acceptors (Lipinski definition) is 1. The van der Waals surface area contributed by atoms with Crippen molar-refractivity contribution in [1.29, 1.82) is 0 Å². The lowest BCUT2D eigenvalue weighted by Crippen LogP contribution is -2.46. The van der Waals surface area contributed by atoms with Gasteiger partial charge in [-0.25, -0.2) is 0 Å². The van der Waals surface area contributed by atoms with Crippen LogP contribution in [0, 0.1) is 17.3 Å². The summed E-state index contributed by atoms with van der Waals surface area (Å²) in [7, 11) is 0. The van der Waals surface area contributed by atoms with E-state index in [1.54, 1.807) is 25.7 Å². The van der Waals surface area contributed by atoms with E-state index in [1.165, 1.54) is 32.4 Å². The Morgan fingerprint density at radius 1 is 1.19 bits per heavy atom. The van der Waals surface area contributed by atoms with Gasteiger partial charge in [0.05, 0.1) is 0 Å². The molecule has 0 radical (unpaired) electrons. The molecular weight excluding hydrogens is 194 g/mol. The lowest BCUT2D eigenvalue weighted by molar-refractivity contribution is 0.0694. The summed E-state index contributed by atoms with van der Waals surface area (Å²) in [5.74, 6) is 2.10. The molecule has 3 rings (SSSR count). The molecule has 0 aromatic carbocycles. The minimum atomic E-state index is 0.815. The summed E-state index contributed by atoms with van der Waals surface area (Å²) in [6.45, 7) is 7.56. The van der Waals surface area contributed by atoms with Gasteiger partial charge >= 0.3 is 0 Å². The van der Waals surface area contributed by atoms with Gasteiger partial charge < -0.3 is 4.90 Å². The Labute approximate surface area is 101 Å². The van der Waals surface area contributed by atoms with Crippen molar-refractivity contribution < 1.29 is 0 Å². The van der Waals surface area contributed by atoms with E-state index in [1.807, 2.05) is 0 Å². The average molecular weight is 221 g/mol. The highest BCUT2D eigenvalue weighted by atomic mass is 15.2. The van der Waals surface area contributed by atoms with Crippen molar-refractivity contribution in [2.75, 3.05) is 13.1 Å². The van der Waals surface area contributed by atoms with Gasteiger partial charge in [0.25, 0.3) is 0 Å². The van der Waals surface area contributed by atoms with Crippen molar-refractivity contribution in [3.8, 4) is 0 Å². The van der Waals surface area contributed by atoms with Crippen molar-refractivity contribution in [2.24, 2.45) is 17.3 Å². The molecule has 1 heterocycles. The molecule has 2 unspecified atom stereocenters. The summed E-state index contributed by atoms with van der Waals surface area (Å²) in [6, 6.07) is 0.918. The molecule has 1 saturated heterocycles. The SMILES string of the molecule is CCN1CCCCC1C(C)C1(C2CC2)CC1. The summed E-state index contributed by atoms with van der Waals surface area (Å²) in [6.07, 6.45) is 10.6. The van der Waals surface area contributed by atoms with Crippen molar-refractivity contribution in [3.05, 3.63) is 0 Å². The maximum absolute atomic E-state index is 2.77.